The Labute approximate surface area is 206 Å². The van der Waals surface area contributed by atoms with Gasteiger partial charge >= 0.3 is 5.69 Å². The van der Waals surface area contributed by atoms with Gasteiger partial charge < -0.3 is 10.1 Å². The van der Waals surface area contributed by atoms with Crippen molar-refractivity contribution in [2.24, 2.45) is 0 Å². The Morgan fingerprint density at radius 1 is 1.09 bits per heavy atom. The lowest BCUT2D eigenvalue weighted by molar-refractivity contribution is 0.346. The number of piperidine rings is 1. The van der Waals surface area contributed by atoms with Crippen LogP contribution in [0.3, 0.4) is 0 Å². The van der Waals surface area contributed by atoms with Gasteiger partial charge in [0.25, 0.3) is 5.56 Å². The molecule has 34 heavy (non-hydrogen) atoms. The first-order chi connectivity index (χ1) is 16.1. The van der Waals surface area contributed by atoms with E-state index in [-0.39, 0.29) is 29.7 Å². The lowest BCUT2D eigenvalue weighted by Gasteiger charge is -2.25. The fraction of sp³-hybridized carbons (Fsp3) is 0.280. The number of aromatic nitrogens is 2. The van der Waals surface area contributed by atoms with Gasteiger partial charge in [0.05, 0.1) is 19.2 Å². The van der Waals surface area contributed by atoms with E-state index >= 15 is 0 Å². The third-order valence-electron chi connectivity index (χ3n) is 6.14. The van der Waals surface area contributed by atoms with Crippen LogP contribution < -0.4 is 21.3 Å². The van der Waals surface area contributed by atoms with Gasteiger partial charge in [-0.05, 0) is 49.7 Å². The van der Waals surface area contributed by atoms with Crippen molar-refractivity contribution in [3.63, 3.8) is 0 Å². The number of hydrogen-bond donors (Lipinski definition) is 1. The van der Waals surface area contributed by atoms with E-state index in [2.05, 4.69) is 5.32 Å². The van der Waals surface area contributed by atoms with Crippen LogP contribution in [0.1, 0.15) is 24.4 Å². The quantitative estimate of drug-likeness (QED) is 0.439. The van der Waals surface area contributed by atoms with Crippen LogP contribution in [0.25, 0.3) is 20.7 Å². The predicted molar refractivity (Wildman–Crippen MR) is 136 cm³/mol. The Kier molecular flexibility index (Phi) is 7.21. The highest BCUT2D eigenvalue weighted by Gasteiger charge is 2.24. The Balaban J connectivity index is 0.00000274. The molecule has 0 atom stereocenters. The van der Waals surface area contributed by atoms with Crippen LogP contribution in [0.2, 0.25) is 0 Å². The van der Waals surface area contributed by atoms with Crippen molar-refractivity contribution in [2.75, 3.05) is 20.2 Å². The molecule has 0 aliphatic carbocycles. The number of halogens is 2. The minimum atomic E-state index is -0.397. The van der Waals surface area contributed by atoms with Crippen molar-refractivity contribution < 1.29 is 9.13 Å². The third-order valence-corrected chi connectivity index (χ3v) is 7.29. The molecule has 2 aromatic carbocycles. The standard InChI is InChI=1S/C25H24FN3O3S.ClH/c1-32-21-13-17(26)7-8-19(21)22-14-20-23(33-22)24(30)29(18-9-11-27-12-10-18)25(31)28(20)15-16-5-3-2-4-6-16;/h2-8,13-14,18,27H,9-12,15H2,1H3;1H. The molecule has 2 aromatic heterocycles. The van der Waals surface area contributed by atoms with Crippen LogP contribution in [-0.4, -0.2) is 29.3 Å². The van der Waals surface area contributed by atoms with Crippen LogP contribution in [0.4, 0.5) is 4.39 Å². The number of methoxy groups -OCH3 is 1. The molecule has 0 amide bonds. The lowest BCUT2D eigenvalue weighted by Crippen LogP contribution is -2.45. The number of nitrogens with one attached hydrogen (secondary N) is 1. The highest BCUT2D eigenvalue weighted by molar-refractivity contribution is 7.22. The zero-order chi connectivity index (χ0) is 22.9. The monoisotopic (exact) mass is 501 g/mol. The number of benzene rings is 2. The molecule has 1 saturated heterocycles. The number of hydrogen-bond acceptors (Lipinski definition) is 5. The summed E-state index contributed by atoms with van der Waals surface area (Å²) in [4.78, 5) is 28.0. The molecule has 4 aromatic rings. The first-order valence-corrected chi connectivity index (χ1v) is 11.8. The van der Waals surface area contributed by atoms with Gasteiger partial charge in [-0.15, -0.1) is 23.7 Å². The Hall–Kier alpha value is -2.94. The molecule has 178 valence electrons. The summed E-state index contributed by atoms with van der Waals surface area (Å²) >= 11 is 1.31. The summed E-state index contributed by atoms with van der Waals surface area (Å²) in [7, 11) is 1.49. The van der Waals surface area contributed by atoms with E-state index in [1.807, 2.05) is 36.4 Å². The lowest BCUT2D eigenvalue weighted by atomic mass is 10.1. The molecule has 1 aliphatic heterocycles. The van der Waals surface area contributed by atoms with Crippen molar-refractivity contribution >= 4 is 34.0 Å². The first kappa shape index (κ1) is 24.2. The van der Waals surface area contributed by atoms with E-state index in [4.69, 9.17) is 4.74 Å². The van der Waals surface area contributed by atoms with E-state index in [1.54, 1.807) is 10.6 Å². The van der Waals surface area contributed by atoms with Crippen molar-refractivity contribution in [1.29, 1.82) is 0 Å². The maximum atomic E-state index is 13.8. The number of rotatable bonds is 5. The van der Waals surface area contributed by atoms with Gasteiger partial charge in [-0.25, -0.2) is 9.18 Å². The van der Waals surface area contributed by atoms with Crippen molar-refractivity contribution in [1.82, 2.24) is 14.5 Å². The summed E-state index contributed by atoms with van der Waals surface area (Å²) in [6.07, 6.45) is 1.46. The molecule has 0 saturated carbocycles. The number of thiophene rings is 1. The van der Waals surface area contributed by atoms with Gasteiger partial charge in [-0.3, -0.25) is 13.9 Å². The highest BCUT2D eigenvalue weighted by Crippen LogP contribution is 2.37. The van der Waals surface area contributed by atoms with Crippen LogP contribution >= 0.6 is 23.7 Å². The van der Waals surface area contributed by atoms with E-state index in [0.717, 1.165) is 36.4 Å². The topological polar surface area (TPSA) is 65.3 Å². The summed E-state index contributed by atoms with van der Waals surface area (Å²) < 4.78 is 22.8. The maximum absolute atomic E-state index is 13.8. The molecule has 0 bridgehead atoms. The van der Waals surface area contributed by atoms with E-state index in [0.29, 0.717) is 28.1 Å². The molecule has 3 heterocycles. The SMILES string of the molecule is COc1cc(F)ccc1-c1cc2c(s1)c(=O)n(C1CCNCC1)c(=O)n2Cc1ccccc1.Cl. The van der Waals surface area contributed by atoms with Gasteiger partial charge in [0.1, 0.15) is 16.3 Å². The minimum Gasteiger partial charge on any atom is -0.496 e. The molecule has 6 nitrogen and oxygen atoms in total. The van der Waals surface area contributed by atoms with Crippen LogP contribution in [0.15, 0.2) is 64.2 Å². The Morgan fingerprint density at radius 3 is 2.53 bits per heavy atom. The van der Waals surface area contributed by atoms with Crippen molar-refractivity contribution in [3.8, 4) is 16.2 Å². The summed E-state index contributed by atoms with van der Waals surface area (Å²) in [6, 6.07) is 15.8. The van der Waals surface area contributed by atoms with Gasteiger partial charge in [-0.2, -0.15) is 0 Å². The largest absolute Gasteiger partial charge is 0.496 e. The fourth-order valence-corrected chi connectivity index (χ4v) is 5.60. The van der Waals surface area contributed by atoms with Crippen molar-refractivity contribution in [2.45, 2.75) is 25.4 Å². The molecule has 1 aliphatic rings. The summed E-state index contributed by atoms with van der Waals surface area (Å²) in [6.45, 7) is 1.91. The van der Waals surface area contributed by atoms with E-state index < -0.39 is 5.82 Å². The van der Waals surface area contributed by atoms with Crippen LogP contribution in [-0.2, 0) is 6.54 Å². The number of nitrogens with zero attached hydrogens (tertiary/aromatic N) is 2. The molecule has 5 rings (SSSR count). The number of ether oxygens (including phenoxy) is 1. The predicted octanol–water partition coefficient (Wildman–Crippen LogP) is 4.43. The van der Waals surface area contributed by atoms with Crippen LogP contribution in [0.5, 0.6) is 5.75 Å². The molecule has 0 spiro atoms. The highest BCUT2D eigenvalue weighted by atomic mass is 35.5. The Morgan fingerprint density at radius 2 is 1.82 bits per heavy atom. The molecule has 9 heteroatoms. The molecular formula is C25H25ClFN3O3S. The average Bonchev–Trinajstić information content (AvgIpc) is 3.28. The first-order valence-electron chi connectivity index (χ1n) is 10.9. The van der Waals surface area contributed by atoms with Gasteiger partial charge in [0, 0.05) is 22.5 Å². The summed E-state index contributed by atoms with van der Waals surface area (Å²) in [5.74, 6) is -0.0110. The van der Waals surface area contributed by atoms with Gasteiger partial charge in [-0.1, -0.05) is 30.3 Å². The molecular weight excluding hydrogens is 477 g/mol. The molecule has 1 fully saturated rings. The third kappa shape index (κ3) is 4.41. The second kappa shape index (κ2) is 10.1. The van der Waals surface area contributed by atoms with E-state index in [9.17, 15) is 14.0 Å². The average molecular weight is 502 g/mol. The normalized spacial score (nSPS) is 14.2. The van der Waals surface area contributed by atoms with Gasteiger partial charge in [0.15, 0.2) is 0 Å². The van der Waals surface area contributed by atoms with E-state index in [1.165, 1.54) is 35.1 Å². The fourth-order valence-electron chi connectivity index (χ4n) is 4.47. The Bertz CT molecular complexity index is 1430. The second-order valence-electron chi connectivity index (χ2n) is 8.18. The molecule has 0 radical (unpaired) electrons. The number of fused-ring (bicyclic) bond motifs is 1. The second-order valence-corrected chi connectivity index (χ2v) is 9.23. The van der Waals surface area contributed by atoms with Crippen molar-refractivity contribution in [3.05, 3.63) is 86.8 Å². The minimum absolute atomic E-state index is 0. The smallest absolute Gasteiger partial charge is 0.332 e. The summed E-state index contributed by atoms with van der Waals surface area (Å²) in [5, 5.41) is 3.29. The van der Waals surface area contributed by atoms with Crippen LogP contribution in [0, 0.1) is 5.82 Å². The zero-order valence-electron chi connectivity index (χ0n) is 18.6. The molecule has 0 unspecified atom stereocenters. The zero-order valence-corrected chi connectivity index (χ0v) is 20.3. The summed E-state index contributed by atoms with van der Waals surface area (Å²) in [5.41, 5.74) is 1.70. The van der Waals surface area contributed by atoms with Gasteiger partial charge in [0.2, 0.25) is 0 Å². The molecule has 1 N–H and O–H groups in total. The maximum Gasteiger partial charge on any atom is 0.332 e.